The summed E-state index contributed by atoms with van der Waals surface area (Å²) in [5, 5.41) is 12.7. The van der Waals surface area contributed by atoms with E-state index in [-0.39, 0.29) is 6.61 Å². The number of benzene rings is 1. The van der Waals surface area contributed by atoms with E-state index < -0.39 is 18.5 Å². The van der Waals surface area contributed by atoms with Crippen LogP contribution < -0.4 is 10.1 Å². The van der Waals surface area contributed by atoms with E-state index in [1.807, 2.05) is 32.0 Å². The van der Waals surface area contributed by atoms with Crippen molar-refractivity contribution >= 4 is 28.2 Å². The molecule has 0 radical (unpaired) electrons. The number of esters is 1. The van der Waals surface area contributed by atoms with Crippen molar-refractivity contribution in [1.29, 1.82) is 5.26 Å². The zero-order valence-corrected chi connectivity index (χ0v) is 16.8. The number of nitriles is 1. The lowest BCUT2D eigenvalue weighted by atomic mass is 9.96. The Morgan fingerprint density at radius 1 is 1.14 bits per heavy atom. The van der Waals surface area contributed by atoms with Crippen molar-refractivity contribution in [1.82, 2.24) is 0 Å². The van der Waals surface area contributed by atoms with Crippen molar-refractivity contribution in [3.05, 3.63) is 45.3 Å². The van der Waals surface area contributed by atoms with Crippen LogP contribution in [0.5, 0.6) is 5.75 Å². The Balaban J connectivity index is 1.50. The van der Waals surface area contributed by atoms with Crippen LogP contribution in [0.15, 0.2) is 18.2 Å². The predicted octanol–water partition coefficient (Wildman–Crippen LogP) is 3.68. The van der Waals surface area contributed by atoms with E-state index in [2.05, 4.69) is 11.4 Å². The number of rotatable bonds is 6. The number of nitrogens with one attached hydrogen (secondary N) is 1. The lowest BCUT2D eigenvalue weighted by molar-refractivity contribution is -0.149. The summed E-state index contributed by atoms with van der Waals surface area (Å²) in [5.74, 6) is -0.503. The molecular weight excluding hydrogens is 376 g/mol. The number of ether oxygens (including phenoxy) is 2. The quantitative estimate of drug-likeness (QED) is 0.750. The van der Waals surface area contributed by atoms with Gasteiger partial charge >= 0.3 is 5.97 Å². The normalized spacial score (nSPS) is 12.6. The fourth-order valence-electron chi connectivity index (χ4n) is 3.28. The minimum absolute atomic E-state index is 0.271. The van der Waals surface area contributed by atoms with Gasteiger partial charge in [0.15, 0.2) is 13.2 Å². The summed E-state index contributed by atoms with van der Waals surface area (Å²) in [6.07, 6.45) is 3.97. The number of thiophene rings is 1. The van der Waals surface area contributed by atoms with Crippen LogP contribution in [0.4, 0.5) is 5.00 Å². The summed E-state index contributed by atoms with van der Waals surface area (Å²) < 4.78 is 10.4. The highest BCUT2D eigenvalue weighted by atomic mass is 32.1. The second-order valence-corrected chi connectivity index (χ2v) is 7.95. The maximum absolute atomic E-state index is 12.1. The first-order valence-corrected chi connectivity index (χ1v) is 9.99. The van der Waals surface area contributed by atoms with E-state index >= 15 is 0 Å². The van der Waals surface area contributed by atoms with E-state index in [4.69, 9.17) is 9.47 Å². The molecule has 0 saturated carbocycles. The van der Waals surface area contributed by atoms with Crippen molar-refractivity contribution in [2.45, 2.75) is 39.5 Å². The van der Waals surface area contributed by atoms with Crippen molar-refractivity contribution in [2.24, 2.45) is 0 Å². The molecule has 28 heavy (non-hydrogen) atoms. The minimum Gasteiger partial charge on any atom is -0.482 e. The van der Waals surface area contributed by atoms with Gasteiger partial charge in [-0.1, -0.05) is 6.07 Å². The third kappa shape index (κ3) is 4.90. The van der Waals surface area contributed by atoms with Crippen LogP contribution in [0.3, 0.4) is 0 Å². The van der Waals surface area contributed by atoms with Crippen LogP contribution in [0.1, 0.15) is 40.0 Å². The Morgan fingerprint density at radius 3 is 2.57 bits per heavy atom. The molecule has 3 rings (SSSR count). The summed E-state index contributed by atoms with van der Waals surface area (Å²) in [7, 11) is 0. The second kappa shape index (κ2) is 8.89. The Bertz CT molecular complexity index is 922. The van der Waals surface area contributed by atoms with Crippen LogP contribution in [-0.2, 0) is 27.2 Å². The third-order valence-corrected chi connectivity index (χ3v) is 5.66. The molecule has 0 bridgehead atoms. The van der Waals surface area contributed by atoms with Crippen molar-refractivity contribution in [3.8, 4) is 11.8 Å². The van der Waals surface area contributed by atoms with Crippen molar-refractivity contribution in [2.75, 3.05) is 18.5 Å². The predicted molar refractivity (Wildman–Crippen MR) is 107 cm³/mol. The molecule has 1 heterocycles. The van der Waals surface area contributed by atoms with Crippen molar-refractivity contribution in [3.63, 3.8) is 0 Å². The molecule has 1 amide bonds. The van der Waals surface area contributed by atoms with Gasteiger partial charge in [0.05, 0.1) is 5.56 Å². The van der Waals surface area contributed by atoms with Crippen molar-refractivity contribution < 1.29 is 19.1 Å². The highest BCUT2D eigenvalue weighted by Crippen LogP contribution is 2.37. The van der Waals surface area contributed by atoms with Gasteiger partial charge in [0, 0.05) is 4.88 Å². The van der Waals surface area contributed by atoms with Gasteiger partial charge in [0.25, 0.3) is 5.91 Å². The number of amides is 1. The third-order valence-electron chi connectivity index (χ3n) is 4.45. The van der Waals surface area contributed by atoms with E-state index in [0.29, 0.717) is 16.3 Å². The van der Waals surface area contributed by atoms with E-state index in [1.54, 1.807) is 0 Å². The Hall–Kier alpha value is -2.85. The smallest absolute Gasteiger partial charge is 0.344 e. The molecule has 6 nitrogen and oxygen atoms in total. The molecule has 0 unspecified atom stereocenters. The molecule has 1 aliphatic rings. The van der Waals surface area contributed by atoms with E-state index in [9.17, 15) is 14.9 Å². The Labute approximate surface area is 168 Å². The maximum Gasteiger partial charge on any atom is 0.344 e. The maximum atomic E-state index is 12.1. The summed E-state index contributed by atoms with van der Waals surface area (Å²) in [4.78, 5) is 25.1. The van der Waals surface area contributed by atoms with Crippen LogP contribution >= 0.6 is 11.3 Å². The molecule has 0 atom stereocenters. The van der Waals surface area contributed by atoms with Gasteiger partial charge in [-0.2, -0.15) is 5.26 Å². The summed E-state index contributed by atoms with van der Waals surface area (Å²) in [5.41, 5.74) is 3.66. The largest absolute Gasteiger partial charge is 0.482 e. The molecule has 1 aromatic heterocycles. The summed E-state index contributed by atoms with van der Waals surface area (Å²) >= 11 is 1.44. The lowest BCUT2D eigenvalue weighted by Gasteiger charge is -2.09. The fourth-order valence-corrected chi connectivity index (χ4v) is 4.54. The first kappa shape index (κ1) is 19.9. The second-order valence-electron chi connectivity index (χ2n) is 6.85. The average Bonchev–Trinajstić information content (AvgIpc) is 3.00. The molecule has 1 aliphatic carbocycles. The van der Waals surface area contributed by atoms with Gasteiger partial charge in [-0.25, -0.2) is 4.79 Å². The van der Waals surface area contributed by atoms with E-state index in [1.165, 1.54) is 11.3 Å². The molecule has 1 aromatic carbocycles. The SMILES string of the molecule is Cc1cc(C)cc(OCC(=O)OCC(=O)Nc2sc3c(c2C#N)CCCC3)c1. The molecule has 7 heteroatoms. The van der Waals surface area contributed by atoms with Gasteiger partial charge < -0.3 is 14.8 Å². The molecule has 0 aliphatic heterocycles. The molecular formula is C21H22N2O4S. The highest BCUT2D eigenvalue weighted by molar-refractivity contribution is 7.16. The number of nitrogens with zero attached hydrogens (tertiary/aromatic N) is 1. The zero-order valence-electron chi connectivity index (χ0n) is 16.0. The van der Waals surface area contributed by atoms with Crippen LogP contribution in [0.2, 0.25) is 0 Å². The number of hydrogen-bond donors (Lipinski definition) is 1. The number of fused-ring (bicyclic) bond motifs is 1. The number of hydrogen-bond acceptors (Lipinski definition) is 6. The molecule has 0 spiro atoms. The topological polar surface area (TPSA) is 88.4 Å². The monoisotopic (exact) mass is 398 g/mol. The van der Waals surface area contributed by atoms with Gasteiger partial charge in [0.2, 0.25) is 0 Å². The first-order valence-electron chi connectivity index (χ1n) is 9.17. The standard InChI is InChI=1S/C21H22N2O4S/c1-13-7-14(2)9-15(8-13)26-12-20(25)27-11-19(24)23-21-17(10-22)16-5-3-4-6-18(16)28-21/h7-9H,3-6,11-12H2,1-2H3,(H,23,24). The van der Waals surface area contributed by atoms with Crippen LogP contribution in [0.25, 0.3) is 0 Å². The number of anilines is 1. The number of carbonyl (C=O) groups excluding carboxylic acids is 2. The number of aryl methyl sites for hydroxylation is 3. The fraction of sp³-hybridized carbons (Fsp3) is 0.381. The molecule has 0 fully saturated rings. The van der Waals surface area contributed by atoms with Crippen LogP contribution in [-0.4, -0.2) is 25.1 Å². The van der Waals surface area contributed by atoms with E-state index in [0.717, 1.165) is 47.3 Å². The highest BCUT2D eigenvalue weighted by Gasteiger charge is 2.22. The van der Waals surface area contributed by atoms with Crippen LogP contribution in [0, 0.1) is 25.2 Å². The molecule has 146 valence electrons. The first-order chi connectivity index (χ1) is 13.5. The number of carbonyl (C=O) groups is 2. The molecule has 1 N–H and O–H groups in total. The Kier molecular flexibility index (Phi) is 6.32. The zero-order chi connectivity index (χ0) is 20.1. The van der Waals surface area contributed by atoms with Gasteiger partial charge in [-0.3, -0.25) is 4.79 Å². The van der Waals surface area contributed by atoms with Gasteiger partial charge in [-0.15, -0.1) is 11.3 Å². The van der Waals surface area contributed by atoms with Gasteiger partial charge in [-0.05, 0) is 68.4 Å². The Morgan fingerprint density at radius 2 is 1.86 bits per heavy atom. The lowest BCUT2D eigenvalue weighted by Crippen LogP contribution is -2.23. The summed E-state index contributed by atoms with van der Waals surface area (Å²) in [6, 6.07) is 7.85. The van der Waals surface area contributed by atoms with Gasteiger partial charge in [0.1, 0.15) is 16.8 Å². The molecule has 0 saturated heterocycles. The summed E-state index contributed by atoms with van der Waals surface area (Å²) in [6.45, 7) is 3.20. The average molecular weight is 398 g/mol. The minimum atomic E-state index is -0.625. The molecule has 2 aromatic rings.